The molecule has 2 aromatic heterocycles. The van der Waals surface area contributed by atoms with Crippen LogP contribution in [0.1, 0.15) is 5.89 Å². The van der Waals surface area contributed by atoms with Crippen molar-refractivity contribution in [2.45, 2.75) is 10.1 Å². The SMILES string of the molecule is COCCNc1nnc(SCc2ncc(-c3ccc(F)cc3)o2)s1. The molecule has 0 bridgehead atoms. The Kier molecular flexibility index (Phi) is 5.78. The Morgan fingerprint density at radius 1 is 1.29 bits per heavy atom. The van der Waals surface area contributed by atoms with Gasteiger partial charge < -0.3 is 14.5 Å². The molecule has 6 nitrogen and oxygen atoms in total. The molecule has 0 spiro atoms. The normalized spacial score (nSPS) is 10.9. The monoisotopic (exact) mass is 366 g/mol. The van der Waals surface area contributed by atoms with Crippen LogP contribution in [-0.4, -0.2) is 35.4 Å². The molecule has 0 aliphatic rings. The molecule has 1 N–H and O–H groups in total. The van der Waals surface area contributed by atoms with Gasteiger partial charge in [0.05, 0.1) is 18.6 Å². The number of oxazole rings is 1. The van der Waals surface area contributed by atoms with E-state index in [0.29, 0.717) is 30.6 Å². The maximum atomic E-state index is 12.9. The molecule has 0 atom stereocenters. The fourth-order valence-electron chi connectivity index (χ4n) is 1.85. The van der Waals surface area contributed by atoms with E-state index < -0.39 is 0 Å². The summed E-state index contributed by atoms with van der Waals surface area (Å²) in [5, 5.41) is 12.0. The highest BCUT2D eigenvalue weighted by atomic mass is 32.2. The lowest BCUT2D eigenvalue weighted by Crippen LogP contribution is -2.06. The van der Waals surface area contributed by atoms with Crippen molar-refractivity contribution in [2.75, 3.05) is 25.6 Å². The average Bonchev–Trinajstić information content (AvgIpc) is 3.23. The summed E-state index contributed by atoms with van der Waals surface area (Å²) < 4.78 is 24.4. The molecule has 0 unspecified atom stereocenters. The van der Waals surface area contributed by atoms with E-state index in [9.17, 15) is 4.39 Å². The fraction of sp³-hybridized carbons (Fsp3) is 0.267. The number of thioether (sulfide) groups is 1. The maximum Gasteiger partial charge on any atom is 0.206 e. The van der Waals surface area contributed by atoms with Crippen molar-refractivity contribution < 1.29 is 13.5 Å². The van der Waals surface area contributed by atoms with Gasteiger partial charge in [-0.3, -0.25) is 0 Å². The molecule has 0 radical (unpaired) electrons. The molecular formula is C15H15FN4O2S2. The Morgan fingerprint density at radius 3 is 2.92 bits per heavy atom. The summed E-state index contributed by atoms with van der Waals surface area (Å²) in [6.45, 7) is 1.31. The number of nitrogens with one attached hydrogen (secondary N) is 1. The van der Waals surface area contributed by atoms with E-state index in [4.69, 9.17) is 9.15 Å². The van der Waals surface area contributed by atoms with Crippen molar-refractivity contribution in [3.8, 4) is 11.3 Å². The van der Waals surface area contributed by atoms with E-state index in [1.807, 2.05) is 0 Å². The summed E-state index contributed by atoms with van der Waals surface area (Å²) in [5.41, 5.74) is 0.792. The van der Waals surface area contributed by atoms with Crippen molar-refractivity contribution in [3.05, 3.63) is 42.2 Å². The van der Waals surface area contributed by atoms with Crippen LogP contribution < -0.4 is 5.32 Å². The highest BCUT2D eigenvalue weighted by molar-refractivity contribution is 8.00. The number of aromatic nitrogens is 3. The molecule has 3 aromatic rings. The zero-order valence-corrected chi connectivity index (χ0v) is 14.5. The van der Waals surface area contributed by atoms with Crippen molar-refractivity contribution in [3.63, 3.8) is 0 Å². The summed E-state index contributed by atoms with van der Waals surface area (Å²) in [7, 11) is 1.65. The van der Waals surface area contributed by atoms with Gasteiger partial charge in [0.25, 0.3) is 0 Å². The van der Waals surface area contributed by atoms with Gasteiger partial charge in [0, 0.05) is 19.2 Å². The molecule has 0 aliphatic heterocycles. The second kappa shape index (κ2) is 8.22. The Morgan fingerprint density at radius 2 is 2.12 bits per heavy atom. The van der Waals surface area contributed by atoms with Crippen molar-refractivity contribution in [2.24, 2.45) is 0 Å². The lowest BCUT2D eigenvalue weighted by atomic mass is 10.2. The van der Waals surface area contributed by atoms with Crippen LogP contribution in [0.4, 0.5) is 9.52 Å². The summed E-state index contributed by atoms with van der Waals surface area (Å²) in [6.07, 6.45) is 1.64. The van der Waals surface area contributed by atoms with Crippen LogP contribution >= 0.6 is 23.1 Å². The van der Waals surface area contributed by atoms with E-state index in [0.717, 1.165) is 15.0 Å². The zero-order valence-electron chi connectivity index (χ0n) is 12.9. The Labute approximate surface area is 146 Å². The molecule has 0 saturated carbocycles. The molecule has 3 rings (SSSR count). The molecular weight excluding hydrogens is 351 g/mol. The molecule has 126 valence electrons. The zero-order chi connectivity index (χ0) is 16.8. The fourth-order valence-corrected chi connectivity index (χ4v) is 3.48. The second-order valence-corrected chi connectivity index (χ2v) is 6.91. The van der Waals surface area contributed by atoms with E-state index >= 15 is 0 Å². The molecule has 1 aromatic carbocycles. The third-order valence-corrected chi connectivity index (χ3v) is 4.99. The van der Waals surface area contributed by atoms with E-state index in [1.54, 1.807) is 25.4 Å². The first-order chi connectivity index (χ1) is 11.7. The van der Waals surface area contributed by atoms with Crippen LogP contribution in [0.15, 0.2) is 39.2 Å². The number of anilines is 1. The number of halogens is 1. The van der Waals surface area contributed by atoms with Gasteiger partial charge in [0.2, 0.25) is 11.0 Å². The van der Waals surface area contributed by atoms with E-state index in [1.165, 1.54) is 35.2 Å². The van der Waals surface area contributed by atoms with Gasteiger partial charge in [0.1, 0.15) is 5.82 Å². The number of nitrogens with zero attached hydrogens (tertiary/aromatic N) is 3. The van der Waals surface area contributed by atoms with E-state index in [-0.39, 0.29) is 5.82 Å². The number of benzene rings is 1. The standard InChI is InChI=1S/C15H15FN4O2S2/c1-21-7-6-17-14-19-20-15(24-14)23-9-13-18-8-12(22-13)10-2-4-11(16)5-3-10/h2-5,8H,6-7,9H2,1H3,(H,17,19). The van der Waals surface area contributed by atoms with Crippen LogP contribution in [-0.2, 0) is 10.5 Å². The number of rotatable bonds is 8. The van der Waals surface area contributed by atoms with Gasteiger partial charge in [-0.1, -0.05) is 23.1 Å². The minimum Gasteiger partial charge on any atom is -0.440 e. The molecule has 0 fully saturated rings. The first-order valence-corrected chi connectivity index (χ1v) is 8.94. The molecule has 0 aliphatic carbocycles. The minimum absolute atomic E-state index is 0.278. The third kappa shape index (κ3) is 4.53. The van der Waals surface area contributed by atoms with Gasteiger partial charge in [-0.15, -0.1) is 10.2 Å². The first kappa shape index (κ1) is 16.9. The van der Waals surface area contributed by atoms with Crippen LogP contribution in [0, 0.1) is 5.82 Å². The number of methoxy groups -OCH3 is 1. The molecule has 2 heterocycles. The van der Waals surface area contributed by atoms with Crippen LogP contribution in [0.25, 0.3) is 11.3 Å². The maximum absolute atomic E-state index is 12.9. The number of hydrogen-bond donors (Lipinski definition) is 1. The summed E-state index contributed by atoms with van der Waals surface area (Å²) in [5.74, 6) is 1.47. The van der Waals surface area contributed by atoms with Gasteiger partial charge in [-0.2, -0.15) is 0 Å². The van der Waals surface area contributed by atoms with Gasteiger partial charge in [-0.25, -0.2) is 9.37 Å². The highest BCUT2D eigenvalue weighted by Gasteiger charge is 2.10. The Balaban J connectivity index is 1.54. The lowest BCUT2D eigenvalue weighted by Gasteiger charge is -1.98. The number of hydrogen-bond acceptors (Lipinski definition) is 8. The molecule has 0 saturated heterocycles. The van der Waals surface area contributed by atoms with Crippen LogP contribution in [0.2, 0.25) is 0 Å². The number of ether oxygens (including phenoxy) is 1. The second-order valence-electron chi connectivity index (χ2n) is 4.71. The largest absolute Gasteiger partial charge is 0.440 e. The van der Waals surface area contributed by atoms with Crippen molar-refractivity contribution in [1.82, 2.24) is 15.2 Å². The smallest absolute Gasteiger partial charge is 0.206 e. The third-order valence-electron chi connectivity index (χ3n) is 2.99. The highest BCUT2D eigenvalue weighted by Crippen LogP contribution is 2.29. The predicted octanol–water partition coefficient (Wildman–Crippen LogP) is 3.68. The van der Waals surface area contributed by atoms with Gasteiger partial charge in [0.15, 0.2) is 10.1 Å². The lowest BCUT2D eigenvalue weighted by molar-refractivity contribution is 0.211. The van der Waals surface area contributed by atoms with Crippen molar-refractivity contribution in [1.29, 1.82) is 0 Å². The van der Waals surface area contributed by atoms with Gasteiger partial charge in [-0.05, 0) is 24.3 Å². The quantitative estimate of drug-likeness (QED) is 0.481. The molecule has 9 heteroatoms. The van der Waals surface area contributed by atoms with Gasteiger partial charge >= 0.3 is 0 Å². The topological polar surface area (TPSA) is 73.1 Å². The molecule has 24 heavy (non-hydrogen) atoms. The summed E-state index contributed by atoms with van der Waals surface area (Å²) >= 11 is 2.97. The van der Waals surface area contributed by atoms with E-state index in [2.05, 4.69) is 20.5 Å². The first-order valence-electron chi connectivity index (χ1n) is 7.14. The minimum atomic E-state index is -0.278. The average molecular weight is 366 g/mol. The van der Waals surface area contributed by atoms with Crippen LogP contribution in [0.5, 0.6) is 0 Å². The molecule has 0 amide bonds. The predicted molar refractivity (Wildman–Crippen MR) is 91.7 cm³/mol. The van der Waals surface area contributed by atoms with Crippen molar-refractivity contribution >= 4 is 28.2 Å². The summed E-state index contributed by atoms with van der Waals surface area (Å²) in [4.78, 5) is 4.24. The Hall–Kier alpha value is -1.97. The summed E-state index contributed by atoms with van der Waals surface area (Å²) in [6, 6.07) is 6.11. The Bertz CT molecular complexity index is 776. The van der Waals surface area contributed by atoms with Crippen LogP contribution in [0.3, 0.4) is 0 Å².